The summed E-state index contributed by atoms with van der Waals surface area (Å²) in [5, 5.41) is 2.62. The van der Waals surface area contributed by atoms with Crippen LogP contribution in [-0.2, 0) is 9.53 Å². The smallest absolute Gasteiger partial charge is 0.236 e. The lowest BCUT2D eigenvalue weighted by Crippen LogP contribution is -2.47. The summed E-state index contributed by atoms with van der Waals surface area (Å²) in [5.74, 6) is 0.00885. The van der Waals surface area contributed by atoms with Crippen molar-refractivity contribution in [2.45, 2.75) is 13.0 Å². The van der Waals surface area contributed by atoms with E-state index < -0.39 is 0 Å². The van der Waals surface area contributed by atoms with E-state index in [1.54, 1.807) is 14.2 Å². The Balaban J connectivity index is 4.09. The molecule has 0 heterocycles. The SMILES string of the molecule is CNC(=O)C(C)N(CCN)CCOC. The number of likely N-dealkylation sites (N-methyl/N-ethyl adjacent to an activating group) is 1. The molecule has 0 aliphatic heterocycles. The molecule has 0 aromatic rings. The Morgan fingerprint density at radius 3 is 2.64 bits per heavy atom. The lowest BCUT2D eigenvalue weighted by Gasteiger charge is -2.26. The fourth-order valence-electron chi connectivity index (χ4n) is 1.25. The van der Waals surface area contributed by atoms with Gasteiger partial charge < -0.3 is 15.8 Å². The Morgan fingerprint density at radius 2 is 2.21 bits per heavy atom. The Kier molecular flexibility index (Phi) is 7.37. The Hall–Kier alpha value is -0.650. The number of nitrogens with one attached hydrogen (secondary N) is 1. The van der Waals surface area contributed by atoms with Crippen molar-refractivity contribution in [2.75, 3.05) is 40.4 Å². The summed E-state index contributed by atoms with van der Waals surface area (Å²) in [6, 6.07) is -0.154. The second-order valence-corrected chi connectivity index (χ2v) is 3.11. The van der Waals surface area contributed by atoms with E-state index in [4.69, 9.17) is 10.5 Å². The van der Waals surface area contributed by atoms with Crippen LogP contribution >= 0.6 is 0 Å². The van der Waals surface area contributed by atoms with Gasteiger partial charge in [-0.2, -0.15) is 0 Å². The van der Waals surface area contributed by atoms with E-state index in [0.717, 1.165) is 6.54 Å². The standard InChI is InChI=1S/C9H21N3O2/c1-8(9(13)11-2)12(5-4-10)6-7-14-3/h8H,4-7,10H2,1-3H3,(H,11,13). The fourth-order valence-corrected chi connectivity index (χ4v) is 1.25. The minimum Gasteiger partial charge on any atom is -0.383 e. The minimum absolute atomic E-state index is 0.00885. The van der Waals surface area contributed by atoms with E-state index in [1.807, 2.05) is 11.8 Å². The first-order valence-corrected chi connectivity index (χ1v) is 4.82. The van der Waals surface area contributed by atoms with Crippen LogP contribution in [0, 0.1) is 0 Å². The highest BCUT2D eigenvalue weighted by atomic mass is 16.5. The van der Waals surface area contributed by atoms with Gasteiger partial charge in [-0.05, 0) is 6.92 Å². The normalized spacial score (nSPS) is 12.9. The molecule has 5 heteroatoms. The van der Waals surface area contributed by atoms with Crippen LogP contribution in [0.5, 0.6) is 0 Å². The van der Waals surface area contributed by atoms with E-state index in [0.29, 0.717) is 19.7 Å². The van der Waals surface area contributed by atoms with Gasteiger partial charge in [-0.1, -0.05) is 0 Å². The number of nitrogens with two attached hydrogens (primary N) is 1. The second-order valence-electron chi connectivity index (χ2n) is 3.11. The maximum atomic E-state index is 11.4. The molecule has 0 saturated carbocycles. The highest BCUT2D eigenvalue weighted by molar-refractivity contribution is 5.80. The molecular formula is C9H21N3O2. The molecular weight excluding hydrogens is 182 g/mol. The van der Waals surface area contributed by atoms with Crippen LogP contribution in [0.15, 0.2) is 0 Å². The summed E-state index contributed by atoms with van der Waals surface area (Å²) in [6.07, 6.45) is 0. The number of nitrogens with zero attached hydrogens (tertiary/aromatic N) is 1. The number of carbonyl (C=O) groups excluding carboxylic acids is 1. The van der Waals surface area contributed by atoms with Gasteiger partial charge in [0.1, 0.15) is 0 Å². The number of hydrogen-bond acceptors (Lipinski definition) is 4. The zero-order valence-corrected chi connectivity index (χ0v) is 9.25. The van der Waals surface area contributed by atoms with Crippen molar-refractivity contribution in [2.24, 2.45) is 5.73 Å². The zero-order valence-electron chi connectivity index (χ0n) is 9.25. The molecule has 0 bridgehead atoms. The van der Waals surface area contributed by atoms with Gasteiger partial charge in [-0.15, -0.1) is 0 Å². The van der Waals surface area contributed by atoms with Crippen molar-refractivity contribution in [3.8, 4) is 0 Å². The summed E-state index contributed by atoms with van der Waals surface area (Å²) < 4.78 is 4.97. The average Bonchev–Trinajstić information content (AvgIpc) is 2.22. The van der Waals surface area contributed by atoms with Crippen molar-refractivity contribution in [1.29, 1.82) is 0 Å². The Labute approximate surface area is 85.6 Å². The Morgan fingerprint density at radius 1 is 1.57 bits per heavy atom. The van der Waals surface area contributed by atoms with Crippen molar-refractivity contribution < 1.29 is 9.53 Å². The van der Waals surface area contributed by atoms with Crippen LogP contribution in [-0.4, -0.2) is 57.2 Å². The van der Waals surface area contributed by atoms with Crippen LogP contribution in [0.1, 0.15) is 6.92 Å². The predicted octanol–water partition coefficient (Wildman–Crippen LogP) is -0.972. The number of amides is 1. The molecule has 0 spiro atoms. The average molecular weight is 203 g/mol. The molecule has 0 aromatic heterocycles. The first-order chi connectivity index (χ1) is 6.67. The Bertz CT molecular complexity index is 164. The van der Waals surface area contributed by atoms with Gasteiger partial charge in [0.15, 0.2) is 0 Å². The number of methoxy groups -OCH3 is 1. The van der Waals surface area contributed by atoms with Crippen LogP contribution in [0.2, 0.25) is 0 Å². The van der Waals surface area contributed by atoms with Gasteiger partial charge in [-0.25, -0.2) is 0 Å². The molecule has 14 heavy (non-hydrogen) atoms. The molecule has 0 aromatic carbocycles. The second kappa shape index (κ2) is 7.73. The fraction of sp³-hybridized carbons (Fsp3) is 0.889. The van der Waals surface area contributed by atoms with Crippen LogP contribution in [0.4, 0.5) is 0 Å². The van der Waals surface area contributed by atoms with Crippen LogP contribution < -0.4 is 11.1 Å². The van der Waals surface area contributed by atoms with Gasteiger partial charge in [-0.3, -0.25) is 9.69 Å². The van der Waals surface area contributed by atoms with Gasteiger partial charge in [0.05, 0.1) is 12.6 Å². The molecule has 84 valence electrons. The molecule has 1 atom stereocenters. The molecule has 5 nitrogen and oxygen atoms in total. The van der Waals surface area contributed by atoms with Crippen LogP contribution in [0.25, 0.3) is 0 Å². The predicted molar refractivity (Wildman–Crippen MR) is 56.0 cm³/mol. The molecule has 0 aliphatic rings. The maximum Gasteiger partial charge on any atom is 0.236 e. The topological polar surface area (TPSA) is 67.6 Å². The zero-order chi connectivity index (χ0) is 11.0. The summed E-state index contributed by atoms with van der Waals surface area (Å²) in [7, 11) is 3.28. The minimum atomic E-state index is -0.154. The van der Waals surface area contributed by atoms with Gasteiger partial charge in [0.25, 0.3) is 0 Å². The highest BCUT2D eigenvalue weighted by Crippen LogP contribution is 1.98. The number of hydrogen-bond donors (Lipinski definition) is 2. The molecule has 0 saturated heterocycles. The molecule has 0 fully saturated rings. The van der Waals surface area contributed by atoms with E-state index in [1.165, 1.54) is 0 Å². The quantitative estimate of drug-likeness (QED) is 0.558. The van der Waals surface area contributed by atoms with E-state index in [9.17, 15) is 4.79 Å². The third-order valence-electron chi connectivity index (χ3n) is 2.17. The largest absolute Gasteiger partial charge is 0.383 e. The lowest BCUT2D eigenvalue weighted by molar-refractivity contribution is -0.125. The molecule has 3 N–H and O–H groups in total. The van der Waals surface area contributed by atoms with Gasteiger partial charge in [0, 0.05) is 33.8 Å². The van der Waals surface area contributed by atoms with E-state index in [-0.39, 0.29) is 11.9 Å². The van der Waals surface area contributed by atoms with Crippen LogP contribution in [0.3, 0.4) is 0 Å². The molecule has 0 aliphatic carbocycles. The molecule has 0 rings (SSSR count). The third-order valence-corrected chi connectivity index (χ3v) is 2.17. The first kappa shape index (κ1) is 13.4. The highest BCUT2D eigenvalue weighted by Gasteiger charge is 2.18. The number of rotatable bonds is 7. The molecule has 0 radical (unpaired) electrons. The summed E-state index contributed by atoms with van der Waals surface area (Å²) in [4.78, 5) is 13.4. The number of carbonyl (C=O) groups is 1. The van der Waals surface area contributed by atoms with Crippen molar-refractivity contribution in [3.63, 3.8) is 0 Å². The van der Waals surface area contributed by atoms with Crippen molar-refractivity contribution in [3.05, 3.63) is 0 Å². The summed E-state index contributed by atoms with van der Waals surface area (Å²) in [5.41, 5.74) is 5.47. The monoisotopic (exact) mass is 203 g/mol. The van der Waals surface area contributed by atoms with E-state index in [2.05, 4.69) is 5.32 Å². The third kappa shape index (κ3) is 4.55. The molecule has 1 unspecified atom stereocenters. The summed E-state index contributed by atoms with van der Waals surface area (Å²) >= 11 is 0. The van der Waals surface area contributed by atoms with Crippen molar-refractivity contribution in [1.82, 2.24) is 10.2 Å². The maximum absolute atomic E-state index is 11.4. The lowest BCUT2D eigenvalue weighted by atomic mass is 10.2. The van der Waals surface area contributed by atoms with E-state index >= 15 is 0 Å². The van der Waals surface area contributed by atoms with Crippen molar-refractivity contribution >= 4 is 5.91 Å². The van der Waals surface area contributed by atoms with Gasteiger partial charge >= 0.3 is 0 Å². The number of ether oxygens (including phenoxy) is 1. The first-order valence-electron chi connectivity index (χ1n) is 4.82. The molecule has 1 amide bonds. The summed E-state index contributed by atoms with van der Waals surface area (Å²) in [6.45, 7) is 4.46. The van der Waals surface area contributed by atoms with Gasteiger partial charge in [0.2, 0.25) is 5.91 Å².